The minimum Gasteiger partial charge on any atom is -0.311 e. The molecular formula is C28H25N3. The van der Waals surface area contributed by atoms with Crippen LogP contribution >= 0.6 is 0 Å². The van der Waals surface area contributed by atoms with E-state index in [1.165, 1.54) is 0 Å². The molecule has 152 valence electrons. The maximum Gasteiger partial charge on any atom is 0.0597 e. The van der Waals surface area contributed by atoms with E-state index >= 15 is 0 Å². The molecule has 0 bridgehead atoms. The van der Waals surface area contributed by atoms with E-state index in [0.717, 1.165) is 28.3 Å². The van der Waals surface area contributed by atoms with Crippen LogP contribution in [0.15, 0.2) is 133 Å². The molecule has 0 aliphatic carbocycles. The average molecular weight is 404 g/mol. The van der Waals surface area contributed by atoms with Gasteiger partial charge in [-0.15, -0.1) is 6.58 Å². The standard InChI is InChI=1S/C28H25N3/c1-2-22-30(25-12-6-3-7-13-25)29-23-24-18-20-28(21-19-24)31(26-14-8-4-9-15-26)27-16-10-5-11-17-27/h2-21,23H,1,22H2/b29-23+. The van der Waals surface area contributed by atoms with Gasteiger partial charge in [0.25, 0.3) is 0 Å². The summed E-state index contributed by atoms with van der Waals surface area (Å²) in [4.78, 5) is 2.24. The molecule has 0 heterocycles. The van der Waals surface area contributed by atoms with Crippen molar-refractivity contribution in [3.63, 3.8) is 0 Å². The highest BCUT2D eigenvalue weighted by Crippen LogP contribution is 2.33. The van der Waals surface area contributed by atoms with Crippen LogP contribution < -0.4 is 9.91 Å². The summed E-state index contributed by atoms with van der Waals surface area (Å²) in [5, 5.41) is 6.60. The number of rotatable bonds is 8. The summed E-state index contributed by atoms with van der Waals surface area (Å²) < 4.78 is 0. The molecule has 4 aromatic carbocycles. The van der Waals surface area contributed by atoms with Crippen molar-refractivity contribution in [2.24, 2.45) is 5.10 Å². The Kier molecular flexibility index (Phi) is 6.56. The fourth-order valence-electron chi connectivity index (χ4n) is 3.39. The molecule has 0 saturated heterocycles. The second kappa shape index (κ2) is 10.1. The highest BCUT2D eigenvalue weighted by Gasteiger charge is 2.11. The highest BCUT2D eigenvalue weighted by atomic mass is 15.4. The van der Waals surface area contributed by atoms with Gasteiger partial charge in [0.05, 0.1) is 18.4 Å². The molecule has 0 radical (unpaired) electrons. The second-order valence-electron chi connectivity index (χ2n) is 7.05. The molecule has 4 aromatic rings. The number of hydrogen-bond acceptors (Lipinski definition) is 3. The normalized spacial score (nSPS) is 10.7. The Hall–Kier alpha value is -4.11. The number of hydrogen-bond donors (Lipinski definition) is 0. The topological polar surface area (TPSA) is 18.8 Å². The third-order valence-electron chi connectivity index (χ3n) is 4.88. The molecule has 0 saturated carbocycles. The molecule has 0 spiro atoms. The zero-order valence-electron chi connectivity index (χ0n) is 17.4. The van der Waals surface area contributed by atoms with Crippen molar-refractivity contribution in [1.29, 1.82) is 0 Å². The number of hydrazone groups is 1. The monoisotopic (exact) mass is 403 g/mol. The zero-order chi connectivity index (χ0) is 21.3. The summed E-state index contributed by atoms with van der Waals surface area (Å²) in [6.07, 6.45) is 3.74. The number of anilines is 4. The Morgan fingerprint density at radius 3 is 1.52 bits per heavy atom. The van der Waals surface area contributed by atoms with E-state index in [9.17, 15) is 0 Å². The molecule has 0 fully saturated rings. The van der Waals surface area contributed by atoms with Gasteiger partial charge in [0, 0.05) is 17.1 Å². The average Bonchev–Trinajstić information content (AvgIpc) is 2.85. The van der Waals surface area contributed by atoms with Crippen LogP contribution in [0.1, 0.15) is 5.56 Å². The predicted molar refractivity (Wildman–Crippen MR) is 133 cm³/mol. The van der Waals surface area contributed by atoms with E-state index in [-0.39, 0.29) is 0 Å². The van der Waals surface area contributed by atoms with Crippen LogP contribution in [0.25, 0.3) is 0 Å². The summed E-state index contributed by atoms with van der Waals surface area (Å²) in [6.45, 7) is 4.50. The van der Waals surface area contributed by atoms with Crippen molar-refractivity contribution >= 4 is 29.0 Å². The molecule has 3 heteroatoms. The fourth-order valence-corrected chi connectivity index (χ4v) is 3.39. The fraction of sp³-hybridized carbons (Fsp3) is 0.0357. The zero-order valence-corrected chi connectivity index (χ0v) is 17.4. The molecule has 0 unspecified atom stereocenters. The second-order valence-corrected chi connectivity index (χ2v) is 7.05. The van der Waals surface area contributed by atoms with Gasteiger partial charge in [0.2, 0.25) is 0 Å². The minimum atomic E-state index is 0.647. The molecule has 0 N–H and O–H groups in total. The van der Waals surface area contributed by atoms with E-state index < -0.39 is 0 Å². The third kappa shape index (κ3) is 5.09. The summed E-state index contributed by atoms with van der Waals surface area (Å²) >= 11 is 0. The third-order valence-corrected chi connectivity index (χ3v) is 4.88. The van der Waals surface area contributed by atoms with Gasteiger partial charge in [-0.1, -0.05) is 72.8 Å². The van der Waals surface area contributed by atoms with Crippen molar-refractivity contribution in [1.82, 2.24) is 0 Å². The lowest BCUT2D eigenvalue weighted by atomic mass is 10.1. The molecule has 0 aromatic heterocycles. The van der Waals surface area contributed by atoms with E-state index in [4.69, 9.17) is 0 Å². The first kappa shape index (κ1) is 20.2. The maximum atomic E-state index is 4.67. The largest absolute Gasteiger partial charge is 0.311 e. The number of benzene rings is 4. The van der Waals surface area contributed by atoms with Gasteiger partial charge in [0.1, 0.15) is 0 Å². The smallest absolute Gasteiger partial charge is 0.0597 e. The Balaban J connectivity index is 1.60. The molecule has 0 amide bonds. The first-order chi connectivity index (χ1) is 15.3. The van der Waals surface area contributed by atoms with Gasteiger partial charge in [-0.3, -0.25) is 5.01 Å². The van der Waals surface area contributed by atoms with Crippen LogP contribution in [-0.4, -0.2) is 12.8 Å². The molecule has 0 atom stereocenters. The Bertz CT molecular complexity index is 1070. The molecular weight excluding hydrogens is 378 g/mol. The van der Waals surface area contributed by atoms with Gasteiger partial charge >= 0.3 is 0 Å². The molecule has 31 heavy (non-hydrogen) atoms. The summed E-state index contributed by atoms with van der Waals surface area (Å²) in [5.41, 5.74) is 5.41. The van der Waals surface area contributed by atoms with E-state index in [2.05, 4.69) is 89.4 Å². The van der Waals surface area contributed by atoms with Gasteiger partial charge < -0.3 is 4.90 Å². The van der Waals surface area contributed by atoms with Crippen LogP contribution in [0, 0.1) is 0 Å². The van der Waals surface area contributed by atoms with Crippen molar-refractivity contribution in [3.8, 4) is 0 Å². The van der Waals surface area contributed by atoms with E-state index in [0.29, 0.717) is 6.54 Å². The molecule has 0 aliphatic rings. The summed E-state index contributed by atoms with van der Waals surface area (Å²) in [6, 6.07) is 39.3. The lowest BCUT2D eigenvalue weighted by Crippen LogP contribution is -2.16. The van der Waals surface area contributed by atoms with Crippen LogP contribution in [-0.2, 0) is 0 Å². The Morgan fingerprint density at radius 1 is 0.581 bits per heavy atom. The number of nitrogens with zero attached hydrogens (tertiary/aromatic N) is 3. The SMILES string of the molecule is C=CCN(/N=C/c1ccc(N(c2ccccc2)c2ccccc2)cc1)c1ccccc1. The molecule has 0 aliphatic heterocycles. The van der Waals surface area contributed by atoms with Crippen molar-refractivity contribution in [3.05, 3.63) is 133 Å². The number of para-hydroxylation sites is 3. The summed E-state index contributed by atoms with van der Waals surface area (Å²) in [5.74, 6) is 0. The quantitative estimate of drug-likeness (QED) is 0.176. The summed E-state index contributed by atoms with van der Waals surface area (Å²) in [7, 11) is 0. The van der Waals surface area contributed by atoms with Gasteiger partial charge in [-0.05, 0) is 54.1 Å². The van der Waals surface area contributed by atoms with Crippen molar-refractivity contribution in [2.45, 2.75) is 0 Å². The van der Waals surface area contributed by atoms with Crippen LogP contribution in [0.4, 0.5) is 22.7 Å². The Morgan fingerprint density at radius 2 is 1.03 bits per heavy atom. The highest BCUT2D eigenvalue weighted by molar-refractivity contribution is 5.83. The minimum absolute atomic E-state index is 0.647. The van der Waals surface area contributed by atoms with E-state index in [1.807, 2.05) is 59.8 Å². The predicted octanol–water partition coefficient (Wildman–Crippen LogP) is 7.18. The lowest BCUT2D eigenvalue weighted by molar-refractivity contribution is 0.947. The first-order valence-electron chi connectivity index (χ1n) is 10.3. The van der Waals surface area contributed by atoms with Crippen LogP contribution in [0.3, 0.4) is 0 Å². The van der Waals surface area contributed by atoms with Gasteiger partial charge in [-0.2, -0.15) is 5.10 Å². The molecule has 4 rings (SSSR count). The molecule has 3 nitrogen and oxygen atoms in total. The van der Waals surface area contributed by atoms with Crippen LogP contribution in [0.5, 0.6) is 0 Å². The Labute approximate surface area is 184 Å². The first-order valence-corrected chi connectivity index (χ1v) is 10.3. The van der Waals surface area contributed by atoms with E-state index in [1.54, 1.807) is 0 Å². The maximum absolute atomic E-state index is 4.67. The van der Waals surface area contributed by atoms with Gasteiger partial charge in [-0.25, -0.2) is 0 Å². The van der Waals surface area contributed by atoms with Crippen molar-refractivity contribution < 1.29 is 0 Å². The van der Waals surface area contributed by atoms with Gasteiger partial charge in [0.15, 0.2) is 0 Å². The lowest BCUT2D eigenvalue weighted by Gasteiger charge is -2.25. The van der Waals surface area contributed by atoms with Crippen molar-refractivity contribution in [2.75, 3.05) is 16.5 Å². The van der Waals surface area contributed by atoms with Crippen LogP contribution in [0.2, 0.25) is 0 Å².